The molecule has 0 N–H and O–H groups in total. The van der Waals surface area contributed by atoms with Crippen LogP contribution in [0.1, 0.15) is 24.8 Å². The van der Waals surface area contributed by atoms with Crippen LogP contribution in [0.4, 0.5) is 0 Å². The fourth-order valence-corrected chi connectivity index (χ4v) is 4.65. The van der Waals surface area contributed by atoms with Gasteiger partial charge in [0.15, 0.2) is 0 Å². The van der Waals surface area contributed by atoms with E-state index in [1.165, 1.54) is 15.4 Å². The van der Waals surface area contributed by atoms with Gasteiger partial charge in [0.05, 0.1) is 0 Å². The van der Waals surface area contributed by atoms with Gasteiger partial charge in [-0.1, -0.05) is 36.4 Å². The molecule has 20 heavy (non-hydrogen) atoms. The van der Waals surface area contributed by atoms with Gasteiger partial charge in [-0.3, -0.25) is 0 Å². The Kier molecular flexibility index (Phi) is 3.44. The van der Waals surface area contributed by atoms with Gasteiger partial charge in [0.25, 0.3) is 10.2 Å². The maximum atomic E-state index is 12.4. The predicted octanol–water partition coefficient (Wildman–Crippen LogP) is 2.11. The summed E-state index contributed by atoms with van der Waals surface area (Å²) in [5, 5.41) is 0. The summed E-state index contributed by atoms with van der Waals surface area (Å²) in [7, 11) is -0.115. The molecule has 0 amide bonds. The summed E-state index contributed by atoms with van der Waals surface area (Å²) in [6.45, 7) is 0. The highest BCUT2D eigenvalue weighted by Gasteiger charge is 2.44. The Labute approximate surface area is 120 Å². The van der Waals surface area contributed by atoms with Crippen molar-refractivity contribution in [2.75, 3.05) is 14.1 Å². The van der Waals surface area contributed by atoms with Crippen molar-refractivity contribution >= 4 is 15.8 Å². The largest absolute Gasteiger partial charge is 0.282 e. The molecule has 2 aliphatic rings. The highest BCUT2D eigenvalue weighted by Crippen LogP contribution is 2.40. The van der Waals surface area contributed by atoms with Crippen molar-refractivity contribution in [1.29, 1.82) is 0 Å². The molecule has 2 bridgehead atoms. The molecule has 4 nitrogen and oxygen atoms in total. The van der Waals surface area contributed by atoms with Crippen LogP contribution in [0.5, 0.6) is 0 Å². The SMILES string of the molecule is CN(C)S(=O)(=O)N1[C@@H]2CC[C@@H]1C=C(c1ccccc1)C2. The van der Waals surface area contributed by atoms with E-state index in [4.69, 9.17) is 0 Å². The Morgan fingerprint density at radius 3 is 2.45 bits per heavy atom. The van der Waals surface area contributed by atoms with Gasteiger partial charge in [-0.15, -0.1) is 0 Å². The molecule has 1 aromatic rings. The molecule has 1 saturated heterocycles. The maximum Gasteiger partial charge on any atom is 0.282 e. The smallest absolute Gasteiger partial charge is 0.195 e. The van der Waals surface area contributed by atoms with Gasteiger partial charge in [0.1, 0.15) is 0 Å². The molecule has 3 rings (SSSR count). The van der Waals surface area contributed by atoms with E-state index < -0.39 is 10.2 Å². The Bertz CT molecular complexity index is 623. The zero-order chi connectivity index (χ0) is 14.3. The van der Waals surface area contributed by atoms with Crippen molar-refractivity contribution in [3.63, 3.8) is 0 Å². The molecule has 0 aliphatic carbocycles. The van der Waals surface area contributed by atoms with E-state index in [1.54, 1.807) is 18.4 Å². The summed E-state index contributed by atoms with van der Waals surface area (Å²) in [6.07, 6.45) is 4.83. The molecule has 0 aromatic heterocycles. The van der Waals surface area contributed by atoms with E-state index >= 15 is 0 Å². The predicted molar refractivity (Wildman–Crippen MR) is 80.3 cm³/mol. The lowest BCUT2D eigenvalue weighted by Gasteiger charge is -2.34. The highest BCUT2D eigenvalue weighted by molar-refractivity contribution is 7.86. The molecule has 1 aromatic carbocycles. The number of nitrogens with zero attached hydrogens (tertiary/aromatic N) is 2. The first-order valence-electron chi connectivity index (χ1n) is 6.97. The third kappa shape index (κ3) is 2.20. The second-order valence-electron chi connectivity index (χ2n) is 5.68. The fraction of sp³-hybridized carbons (Fsp3) is 0.467. The summed E-state index contributed by atoms with van der Waals surface area (Å²) in [5.41, 5.74) is 2.50. The van der Waals surface area contributed by atoms with E-state index in [0.717, 1.165) is 19.3 Å². The summed E-state index contributed by atoms with van der Waals surface area (Å²) in [4.78, 5) is 0. The molecule has 5 heteroatoms. The standard InChI is InChI=1S/C15H20N2O2S/c1-16(2)20(18,19)17-14-8-9-15(17)11-13(10-14)12-6-4-3-5-7-12/h3-7,10,14-15H,8-9,11H2,1-2H3/t14-,15-/m1/s1. The van der Waals surface area contributed by atoms with Crippen molar-refractivity contribution in [3.05, 3.63) is 42.0 Å². The first-order chi connectivity index (χ1) is 9.50. The van der Waals surface area contributed by atoms with E-state index in [2.05, 4.69) is 18.2 Å². The minimum Gasteiger partial charge on any atom is -0.195 e. The van der Waals surface area contributed by atoms with Gasteiger partial charge in [-0.05, 0) is 30.4 Å². The van der Waals surface area contributed by atoms with Crippen molar-refractivity contribution in [2.45, 2.75) is 31.3 Å². The average molecular weight is 292 g/mol. The van der Waals surface area contributed by atoms with E-state index in [9.17, 15) is 8.42 Å². The van der Waals surface area contributed by atoms with E-state index in [-0.39, 0.29) is 12.1 Å². The van der Waals surface area contributed by atoms with Crippen molar-refractivity contribution in [3.8, 4) is 0 Å². The molecular formula is C15H20N2O2S. The normalized spacial score (nSPS) is 26.9. The van der Waals surface area contributed by atoms with Crippen LogP contribution in [0.3, 0.4) is 0 Å². The van der Waals surface area contributed by atoms with Crippen LogP contribution in [0.25, 0.3) is 5.57 Å². The second-order valence-corrected chi connectivity index (χ2v) is 7.73. The lowest BCUT2D eigenvalue weighted by atomic mass is 9.96. The van der Waals surface area contributed by atoms with Gasteiger partial charge >= 0.3 is 0 Å². The van der Waals surface area contributed by atoms with Crippen LogP contribution >= 0.6 is 0 Å². The van der Waals surface area contributed by atoms with E-state index in [0.29, 0.717) is 0 Å². The Morgan fingerprint density at radius 1 is 1.15 bits per heavy atom. The molecule has 2 heterocycles. The van der Waals surface area contributed by atoms with Crippen LogP contribution in [-0.2, 0) is 10.2 Å². The van der Waals surface area contributed by atoms with Crippen molar-refractivity contribution in [2.24, 2.45) is 0 Å². The van der Waals surface area contributed by atoms with Crippen LogP contribution < -0.4 is 0 Å². The first-order valence-corrected chi connectivity index (χ1v) is 8.37. The second kappa shape index (κ2) is 4.98. The zero-order valence-corrected chi connectivity index (χ0v) is 12.7. The summed E-state index contributed by atoms with van der Waals surface area (Å²) in [6, 6.07) is 10.4. The third-order valence-electron chi connectivity index (χ3n) is 4.20. The minimum absolute atomic E-state index is 0.0105. The summed E-state index contributed by atoms with van der Waals surface area (Å²) >= 11 is 0. The number of fused-ring (bicyclic) bond motifs is 2. The number of rotatable bonds is 3. The molecule has 2 atom stereocenters. The average Bonchev–Trinajstić information content (AvgIpc) is 2.71. The Hall–Kier alpha value is -1.17. The molecule has 0 saturated carbocycles. The quantitative estimate of drug-likeness (QED) is 0.856. The van der Waals surface area contributed by atoms with Crippen LogP contribution in [0.2, 0.25) is 0 Å². The van der Waals surface area contributed by atoms with Gasteiger partial charge in [-0.25, -0.2) is 0 Å². The monoisotopic (exact) mass is 292 g/mol. The third-order valence-corrected chi connectivity index (χ3v) is 6.23. The number of benzene rings is 1. The van der Waals surface area contributed by atoms with Crippen LogP contribution in [0.15, 0.2) is 36.4 Å². The topological polar surface area (TPSA) is 40.6 Å². The van der Waals surface area contributed by atoms with Gasteiger partial charge < -0.3 is 0 Å². The molecular weight excluding hydrogens is 272 g/mol. The van der Waals surface area contributed by atoms with Gasteiger partial charge in [0, 0.05) is 26.2 Å². The lowest BCUT2D eigenvalue weighted by Crippen LogP contribution is -2.48. The lowest BCUT2D eigenvalue weighted by molar-refractivity contribution is 0.320. The number of hydrogen-bond donors (Lipinski definition) is 0. The van der Waals surface area contributed by atoms with Crippen molar-refractivity contribution in [1.82, 2.24) is 8.61 Å². The Balaban J connectivity index is 1.94. The fourth-order valence-electron chi connectivity index (χ4n) is 3.21. The first kappa shape index (κ1) is 13.8. The maximum absolute atomic E-state index is 12.4. The van der Waals surface area contributed by atoms with Gasteiger partial charge in [-0.2, -0.15) is 17.0 Å². The molecule has 0 unspecified atom stereocenters. The minimum atomic E-state index is -3.32. The van der Waals surface area contributed by atoms with E-state index in [1.807, 2.05) is 18.2 Å². The molecule has 2 aliphatic heterocycles. The van der Waals surface area contributed by atoms with Crippen molar-refractivity contribution < 1.29 is 8.42 Å². The Morgan fingerprint density at radius 2 is 1.85 bits per heavy atom. The summed E-state index contributed by atoms with van der Waals surface area (Å²) in [5.74, 6) is 0. The molecule has 0 radical (unpaired) electrons. The van der Waals surface area contributed by atoms with Crippen LogP contribution in [0, 0.1) is 0 Å². The summed E-state index contributed by atoms with van der Waals surface area (Å²) < 4.78 is 27.8. The molecule has 1 fully saturated rings. The zero-order valence-electron chi connectivity index (χ0n) is 11.9. The number of hydrogen-bond acceptors (Lipinski definition) is 2. The molecule has 108 valence electrons. The van der Waals surface area contributed by atoms with Crippen LogP contribution in [-0.4, -0.2) is 43.2 Å². The highest BCUT2D eigenvalue weighted by atomic mass is 32.2. The molecule has 0 spiro atoms. The van der Waals surface area contributed by atoms with Gasteiger partial charge in [0.2, 0.25) is 0 Å².